The molecule has 3 nitrogen and oxygen atoms in total. The Hall–Kier alpha value is -0.113. The molecule has 27 heavy (non-hydrogen) atoms. The van der Waals surface area contributed by atoms with E-state index in [1.165, 1.54) is 71.3 Å². The van der Waals surface area contributed by atoms with Crippen molar-refractivity contribution in [2.45, 2.75) is 116 Å². The monoisotopic (exact) mass is 414 g/mol. The van der Waals surface area contributed by atoms with Crippen LogP contribution in [0.15, 0.2) is 0 Å². The van der Waals surface area contributed by atoms with E-state index in [0.717, 1.165) is 19.3 Å². The topological polar surface area (TPSA) is 27.7 Å². The molecule has 0 aliphatic heterocycles. The van der Waals surface area contributed by atoms with Gasteiger partial charge in [-0.2, -0.15) is 0 Å². The molecule has 0 heterocycles. The predicted octanol–water partition coefficient (Wildman–Crippen LogP) is 7.63. The highest BCUT2D eigenvalue weighted by Gasteiger charge is 2.49. The van der Waals surface area contributed by atoms with Crippen molar-refractivity contribution >= 4 is 8.80 Å². The fraction of sp³-hybridized carbons (Fsp3) is 1.00. The molecule has 0 rings (SSSR count). The second-order valence-electron chi connectivity index (χ2n) is 7.21. The molecule has 0 aliphatic carbocycles. The largest absolute Gasteiger partial charge is 0.516 e. The Bertz CT molecular complexity index is 330. The highest BCUT2D eigenvalue weighted by molar-refractivity contribution is 6.60. The van der Waals surface area contributed by atoms with Crippen molar-refractivity contribution in [1.29, 1.82) is 0 Å². The van der Waals surface area contributed by atoms with E-state index in [0.29, 0.717) is 6.42 Å². The fourth-order valence-corrected chi connectivity index (χ4v) is 5.47. The van der Waals surface area contributed by atoms with Gasteiger partial charge in [-0.15, -0.1) is 13.2 Å². The molecule has 0 aromatic heterocycles. The molecule has 164 valence electrons. The average Bonchev–Trinajstić information content (AvgIpc) is 2.60. The standard InChI is InChI=1S/C20H41F3O3Si/c1-4-6-7-8-9-10-11-12-13-14-15-16-17-18-19-27(24-3,25-5-2)26-20(21,22)23/h4-19H2,1-3H3. The number of hydrogen-bond acceptors (Lipinski definition) is 3. The first-order valence-electron chi connectivity index (χ1n) is 10.8. The Labute approximate surface area is 165 Å². The maximum Gasteiger partial charge on any atom is 0.516 e. The molecule has 0 saturated heterocycles. The van der Waals surface area contributed by atoms with Crippen LogP contribution < -0.4 is 0 Å². The summed E-state index contributed by atoms with van der Waals surface area (Å²) >= 11 is 0. The van der Waals surface area contributed by atoms with Gasteiger partial charge < -0.3 is 8.85 Å². The van der Waals surface area contributed by atoms with Gasteiger partial charge >= 0.3 is 15.2 Å². The van der Waals surface area contributed by atoms with Gasteiger partial charge in [-0.1, -0.05) is 90.4 Å². The lowest BCUT2D eigenvalue weighted by Crippen LogP contribution is -2.48. The van der Waals surface area contributed by atoms with Crippen LogP contribution in [0.3, 0.4) is 0 Å². The van der Waals surface area contributed by atoms with E-state index in [1.807, 2.05) is 0 Å². The Balaban J connectivity index is 3.65. The van der Waals surface area contributed by atoms with Gasteiger partial charge in [-0.3, -0.25) is 4.43 Å². The van der Waals surface area contributed by atoms with Crippen molar-refractivity contribution in [1.82, 2.24) is 0 Å². The smallest absolute Gasteiger partial charge is 0.377 e. The van der Waals surface area contributed by atoms with Crippen LogP contribution in [-0.2, 0) is 13.3 Å². The molecule has 0 amide bonds. The lowest BCUT2D eigenvalue weighted by Gasteiger charge is -2.28. The number of halogens is 3. The molecule has 0 aromatic rings. The summed E-state index contributed by atoms with van der Waals surface area (Å²) in [6.45, 7) is 4.06. The first-order chi connectivity index (χ1) is 12.9. The number of rotatable bonds is 19. The Morgan fingerprint density at radius 1 is 0.667 bits per heavy atom. The summed E-state index contributed by atoms with van der Waals surface area (Å²) in [7, 11) is -2.39. The van der Waals surface area contributed by atoms with Crippen LogP contribution in [0, 0.1) is 0 Å². The molecule has 0 radical (unpaired) electrons. The third-order valence-corrected chi connectivity index (χ3v) is 7.64. The highest BCUT2D eigenvalue weighted by atomic mass is 28.4. The molecule has 0 saturated carbocycles. The van der Waals surface area contributed by atoms with E-state index in [-0.39, 0.29) is 12.7 Å². The van der Waals surface area contributed by atoms with Gasteiger partial charge in [0.2, 0.25) is 0 Å². The SMILES string of the molecule is CCCCCCCCCCCCCCCC[Si](OC)(OCC)OC(F)(F)F. The van der Waals surface area contributed by atoms with Crippen molar-refractivity contribution in [3.05, 3.63) is 0 Å². The summed E-state index contributed by atoms with van der Waals surface area (Å²) in [5.74, 6) is 0. The Morgan fingerprint density at radius 2 is 1.07 bits per heavy atom. The summed E-state index contributed by atoms with van der Waals surface area (Å²) in [5.41, 5.74) is 0. The van der Waals surface area contributed by atoms with Gasteiger partial charge in [-0.05, 0) is 13.3 Å². The third-order valence-electron chi connectivity index (χ3n) is 4.78. The predicted molar refractivity (Wildman–Crippen MR) is 107 cm³/mol. The minimum absolute atomic E-state index is 0.161. The van der Waals surface area contributed by atoms with Crippen molar-refractivity contribution in [2.75, 3.05) is 13.7 Å². The van der Waals surface area contributed by atoms with Crippen LogP contribution in [0.2, 0.25) is 6.04 Å². The molecular formula is C20H41F3O3Si. The van der Waals surface area contributed by atoms with E-state index in [2.05, 4.69) is 11.3 Å². The zero-order valence-electron chi connectivity index (χ0n) is 17.7. The molecule has 0 bridgehead atoms. The minimum Gasteiger partial charge on any atom is -0.377 e. The molecule has 0 spiro atoms. The summed E-state index contributed by atoms with van der Waals surface area (Å²) < 4.78 is 52.3. The van der Waals surface area contributed by atoms with Gasteiger partial charge in [0.1, 0.15) is 0 Å². The number of alkyl halides is 3. The second-order valence-corrected chi connectivity index (χ2v) is 9.98. The van der Waals surface area contributed by atoms with E-state index >= 15 is 0 Å². The van der Waals surface area contributed by atoms with Crippen LogP contribution in [0.25, 0.3) is 0 Å². The fourth-order valence-electron chi connectivity index (χ4n) is 3.29. The van der Waals surface area contributed by atoms with Crippen LogP contribution in [-0.4, -0.2) is 28.9 Å². The van der Waals surface area contributed by atoms with Gasteiger partial charge in [0.25, 0.3) is 0 Å². The average molecular weight is 415 g/mol. The van der Waals surface area contributed by atoms with Crippen molar-refractivity contribution in [3.8, 4) is 0 Å². The first-order valence-corrected chi connectivity index (χ1v) is 12.8. The molecule has 0 N–H and O–H groups in total. The summed E-state index contributed by atoms with van der Waals surface area (Å²) in [6.07, 6.45) is 12.3. The molecule has 1 atom stereocenters. The van der Waals surface area contributed by atoms with E-state index in [4.69, 9.17) is 8.85 Å². The summed E-state index contributed by atoms with van der Waals surface area (Å²) in [4.78, 5) is 0. The number of hydrogen-bond donors (Lipinski definition) is 0. The Morgan fingerprint density at radius 3 is 1.41 bits per heavy atom. The minimum atomic E-state index is -4.71. The van der Waals surface area contributed by atoms with Crippen molar-refractivity contribution in [2.24, 2.45) is 0 Å². The zero-order valence-corrected chi connectivity index (χ0v) is 18.7. The molecule has 0 fully saturated rings. The van der Waals surface area contributed by atoms with E-state index < -0.39 is 15.2 Å². The van der Waals surface area contributed by atoms with Crippen LogP contribution in [0.1, 0.15) is 104 Å². The van der Waals surface area contributed by atoms with Crippen LogP contribution in [0.4, 0.5) is 13.2 Å². The van der Waals surface area contributed by atoms with E-state index in [1.54, 1.807) is 6.92 Å². The Kier molecular flexibility index (Phi) is 16.7. The van der Waals surface area contributed by atoms with Crippen molar-refractivity contribution in [3.63, 3.8) is 0 Å². The lowest BCUT2D eigenvalue weighted by atomic mass is 10.0. The molecule has 0 aromatic carbocycles. The molecular weight excluding hydrogens is 373 g/mol. The van der Waals surface area contributed by atoms with Crippen LogP contribution in [0.5, 0.6) is 0 Å². The maximum absolute atomic E-state index is 12.6. The molecule has 0 aliphatic rings. The van der Waals surface area contributed by atoms with Crippen LogP contribution >= 0.6 is 0 Å². The van der Waals surface area contributed by atoms with Gasteiger partial charge in [0, 0.05) is 19.8 Å². The normalized spacial score (nSPS) is 14.4. The lowest BCUT2D eigenvalue weighted by molar-refractivity contribution is -0.296. The summed E-state index contributed by atoms with van der Waals surface area (Å²) in [5, 5.41) is 0. The highest BCUT2D eigenvalue weighted by Crippen LogP contribution is 2.28. The second kappa shape index (κ2) is 16.8. The maximum atomic E-state index is 12.6. The van der Waals surface area contributed by atoms with Crippen molar-refractivity contribution < 1.29 is 26.4 Å². The molecule has 7 heteroatoms. The first kappa shape index (κ1) is 26.9. The van der Waals surface area contributed by atoms with Gasteiger partial charge in [0.05, 0.1) is 0 Å². The third kappa shape index (κ3) is 16.5. The molecule has 1 unspecified atom stereocenters. The van der Waals surface area contributed by atoms with Gasteiger partial charge in [-0.25, -0.2) is 0 Å². The quantitative estimate of drug-likeness (QED) is 0.161. The van der Waals surface area contributed by atoms with Gasteiger partial charge in [0.15, 0.2) is 0 Å². The number of unbranched alkanes of at least 4 members (excludes halogenated alkanes) is 13. The summed E-state index contributed by atoms with van der Waals surface area (Å²) in [6, 6.07) is 0.217. The van der Waals surface area contributed by atoms with E-state index in [9.17, 15) is 13.2 Å². The zero-order chi connectivity index (χ0) is 20.4.